The Balaban J connectivity index is 1.29. The van der Waals surface area contributed by atoms with Crippen LogP contribution in [0.15, 0.2) is 4.52 Å². The summed E-state index contributed by atoms with van der Waals surface area (Å²) in [5, 5.41) is 11.5. The van der Waals surface area contributed by atoms with Crippen molar-refractivity contribution in [2.45, 2.75) is 51.9 Å². The molecule has 2 aromatic heterocycles. The highest BCUT2D eigenvalue weighted by Crippen LogP contribution is 2.39. The van der Waals surface area contributed by atoms with E-state index in [0.717, 1.165) is 61.1 Å². The first kappa shape index (κ1) is 17.1. The van der Waals surface area contributed by atoms with Crippen LogP contribution in [0, 0.1) is 19.8 Å². The van der Waals surface area contributed by atoms with Crippen molar-refractivity contribution in [1.29, 1.82) is 0 Å². The van der Waals surface area contributed by atoms with Crippen LogP contribution in [-0.2, 0) is 13.5 Å². The van der Waals surface area contributed by atoms with Crippen LogP contribution in [0.5, 0.6) is 0 Å². The fourth-order valence-electron chi connectivity index (χ4n) is 3.59. The molecule has 0 radical (unpaired) electrons. The minimum Gasteiger partial charge on any atom is -0.339 e. The zero-order chi connectivity index (χ0) is 18.3. The normalized spacial score (nSPS) is 18.3. The van der Waals surface area contributed by atoms with E-state index < -0.39 is 0 Å². The van der Waals surface area contributed by atoms with Gasteiger partial charge in [-0.2, -0.15) is 10.1 Å². The minimum absolute atomic E-state index is 0.0433. The number of piperidine rings is 1. The van der Waals surface area contributed by atoms with Gasteiger partial charge >= 0.3 is 6.03 Å². The van der Waals surface area contributed by atoms with Gasteiger partial charge in [0.25, 0.3) is 0 Å². The molecule has 1 N–H and O–H groups in total. The summed E-state index contributed by atoms with van der Waals surface area (Å²) in [6.45, 7) is 5.38. The molecule has 0 aromatic carbocycles. The van der Waals surface area contributed by atoms with Crippen LogP contribution in [0.3, 0.4) is 0 Å². The maximum Gasteiger partial charge on any atom is 0.321 e. The van der Waals surface area contributed by atoms with Crippen molar-refractivity contribution >= 4 is 11.7 Å². The molecule has 2 aromatic rings. The van der Waals surface area contributed by atoms with Gasteiger partial charge in [0.05, 0.1) is 17.1 Å². The van der Waals surface area contributed by atoms with Crippen molar-refractivity contribution < 1.29 is 9.32 Å². The van der Waals surface area contributed by atoms with E-state index in [0.29, 0.717) is 11.8 Å². The number of carbonyl (C=O) groups excluding carboxylic acids is 1. The van der Waals surface area contributed by atoms with Crippen LogP contribution < -0.4 is 5.32 Å². The summed E-state index contributed by atoms with van der Waals surface area (Å²) in [6, 6.07) is -0.0433. The van der Waals surface area contributed by atoms with E-state index in [1.54, 1.807) is 4.68 Å². The lowest BCUT2D eigenvalue weighted by molar-refractivity contribution is 0.181. The van der Waals surface area contributed by atoms with Gasteiger partial charge in [0.2, 0.25) is 5.89 Å². The third-order valence-electron chi connectivity index (χ3n) is 5.52. The smallest absolute Gasteiger partial charge is 0.321 e. The largest absolute Gasteiger partial charge is 0.339 e. The fourth-order valence-corrected chi connectivity index (χ4v) is 3.59. The Hall–Kier alpha value is -2.38. The van der Waals surface area contributed by atoms with Gasteiger partial charge in [-0.25, -0.2) is 4.79 Å². The quantitative estimate of drug-likeness (QED) is 0.908. The monoisotopic (exact) mass is 358 g/mol. The molecule has 2 amide bonds. The summed E-state index contributed by atoms with van der Waals surface area (Å²) in [6.07, 6.45) is 5.11. The van der Waals surface area contributed by atoms with Crippen molar-refractivity contribution in [3.63, 3.8) is 0 Å². The van der Waals surface area contributed by atoms with Crippen molar-refractivity contribution in [1.82, 2.24) is 24.8 Å². The number of aromatic nitrogens is 4. The van der Waals surface area contributed by atoms with Crippen LogP contribution in [-0.4, -0.2) is 43.9 Å². The van der Waals surface area contributed by atoms with Crippen molar-refractivity contribution in [2.75, 3.05) is 18.4 Å². The number of nitrogens with zero attached hydrogens (tertiary/aromatic N) is 5. The number of likely N-dealkylation sites (tertiary alicyclic amines) is 1. The average Bonchev–Trinajstić information content (AvgIpc) is 3.33. The van der Waals surface area contributed by atoms with E-state index >= 15 is 0 Å². The van der Waals surface area contributed by atoms with Crippen molar-refractivity contribution in [3.05, 3.63) is 23.1 Å². The lowest BCUT2D eigenvalue weighted by atomic mass is 9.93. The predicted octanol–water partition coefficient (Wildman–Crippen LogP) is 2.78. The van der Waals surface area contributed by atoms with Crippen molar-refractivity contribution in [3.8, 4) is 0 Å². The molecule has 1 aliphatic heterocycles. The predicted molar refractivity (Wildman–Crippen MR) is 96.0 cm³/mol. The van der Waals surface area contributed by atoms with Gasteiger partial charge < -0.3 is 14.7 Å². The molecule has 0 unspecified atom stereocenters. The number of carbonyl (C=O) groups is 1. The molecule has 1 aliphatic carbocycles. The second-order valence-electron chi connectivity index (χ2n) is 7.56. The molecule has 26 heavy (non-hydrogen) atoms. The first-order valence-corrected chi connectivity index (χ1v) is 9.40. The Kier molecular flexibility index (Phi) is 4.42. The Morgan fingerprint density at radius 1 is 1.23 bits per heavy atom. The van der Waals surface area contributed by atoms with Crippen molar-refractivity contribution in [2.24, 2.45) is 13.0 Å². The van der Waals surface area contributed by atoms with E-state index in [9.17, 15) is 4.79 Å². The van der Waals surface area contributed by atoms with E-state index in [1.807, 2.05) is 25.8 Å². The summed E-state index contributed by atoms with van der Waals surface area (Å²) in [5.41, 5.74) is 2.63. The first-order valence-electron chi connectivity index (χ1n) is 9.40. The Morgan fingerprint density at radius 2 is 1.96 bits per heavy atom. The SMILES string of the molecule is Cc1nn(C)c(C)c1NC(=O)N1CCC(Cc2noc(C3CC3)n2)CC1. The zero-order valence-corrected chi connectivity index (χ0v) is 15.7. The Bertz CT molecular complexity index is 799. The molecule has 2 aliphatic rings. The summed E-state index contributed by atoms with van der Waals surface area (Å²) in [5.74, 6) is 2.63. The number of hydrogen-bond acceptors (Lipinski definition) is 5. The summed E-state index contributed by atoms with van der Waals surface area (Å²) in [7, 11) is 1.88. The van der Waals surface area contributed by atoms with Crippen LogP contribution in [0.25, 0.3) is 0 Å². The Morgan fingerprint density at radius 3 is 2.58 bits per heavy atom. The molecule has 8 nitrogen and oxygen atoms in total. The van der Waals surface area contributed by atoms with Gasteiger partial charge in [0.1, 0.15) is 0 Å². The molecular formula is C18H26N6O2. The standard InChI is InChI=1S/C18H26N6O2/c1-11-16(12(2)23(3)21-11)20-18(25)24-8-6-13(7-9-24)10-15-19-17(26-22-15)14-4-5-14/h13-14H,4-10H2,1-3H3,(H,20,25). The van der Waals surface area contributed by atoms with Crippen LogP contribution in [0.4, 0.5) is 10.5 Å². The van der Waals surface area contributed by atoms with Gasteiger partial charge in [-0.1, -0.05) is 5.16 Å². The summed E-state index contributed by atoms with van der Waals surface area (Å²) in [4.78, 5) is 19.0. The van der Waals surface area contributed by atoms with Gasteiger partial charge in [0.15, 0.2) is 5.82 Å². The van der Waals surface area contributed by atoms with Gasteiger partial charge in [0, 0.05) is 32.5 Å². The van der Waals surface area contributed by atoms with E-state index in [1.165, 1.54) is 12.8 Å². The third kappa shape index (κ3) is 3.45. The fraction of sp³-hybridized carbons (Fsp3) is 0.667. The van der Waals surface area contributed by atoms with Crippen LogP contribution in [0.1, 0.15) is 54.7 Å². The van der Waals surface area contributed by atoms with Crippen LogP contribution in [0.2, 0.25) is 0 Å². The molecule has 1 saturated heterocycles. The molecule has 0 atom stereocenters. The highest BCUT2D eigenvalue weighted by molar-refractivity contribution is 5.90. The number of rotatable bonds is 4. The second kappa shape index (κ2) is 6.74. The molecular weight excluding hydrogens is 332 g/mol. The molecule has 8 heteroatoms. The average molecular weight is 358 g/mol. The minimum atomic E-state index is -0.0433. The highest BCUT2D eigenvalue weighted by Gasteiger charge is 2.30. The van der Waals surface area contributed by atoms with Gasteiger partial charge in [-0.3, -0.25) is 4.68 Å². The van der Waals surface area contributed by atoms with E-state index in [2.05, 4.69) is 20.6 Å². The molecule has 2 fully saturated rings. The summed E-state index contributed by atoms with van der Waals surface area (Å²) >= 11 is 0. The maximum atomic E-state index is 12.6. The number of nitrogens with one attached hydrogen (secondary N) is 1. The zero-order valence-electron chi connectivity index (χ0n) is 15.7. The number of urea groups is 1. The Labute approximate surface area is 152 Å². The maximum absolute atomic E-state index is 12.6. The third-order valence-corrected chi connectivity index (χ3v) is 5.52. The number of anilines is 1. The summed E-state index contributed by atoms with van der Waals surface area (Å²) < 4.78 is 7.13. The molecule has 0 bridgehead atoms. The molecule has 3 heterocycles. The lowest BCUT2D eigenvalue weighted by Crippen LogP contribution is -2.41. The van der Waals surface area contributed by atoms with E-state index in [4.69, 9.17) is 4.52 Å². The van der Waals surface area contributed by atoms with E-state index in [-0.39, 0.29) is 6.03 Å². The topological polar surface area (TPSA) is 89.1 Å². The molecule has 4 rings (SSSR count). The molecule has 1 saturated carbocycles. The van der Waals surface area contributed by atoms with Gasteiger partial charge in [-0.05, 0) is 45.4 Å². The van der Waals surface area contributed by atoms with Crippen LogP contribution >= 0.6 is 0 Å². The molecule has 140 valence electrons. The number of amides is 2. The lowest BCUT2D eigenvalue weighted by Gasteiger charge is -2.31. The number of aryl methyl sites for hydroxylation is 2. The van der Waals surface area contributed by atoms with Gasteiger partial charge in [-0.15, -0.1) is 0 Å². The number of hydrogen-bond donors (Lipinski definition) is 1. The highest BCUT2D eigenvalue weighted by atomic mass is 16.5. The first-order chi connectivity index (χ1) is 12.5. The molecule has 0 spiro atoms. The second-order valence-corrected chi connectivity index (χ2v) is 7.56.